The van der Waals surface area contributed by atoms with Crippen LogP contribution >= 0.6 is 0 Å². The van der Waals surface area contributed by atoms with Crippen molar-refractivity contribution in [3.63, 3.8) is 0 Å². The van der Waals surface area contributed by atoms with Crippen LogP contribution in [-0.2, 0) is 14.2 Å². The third kappa shape index (κ3) is 3.99. The van der Waals surface area contributed by atoms with E-state index in [1.54, 1.807) is 6.08 Å². The van der Waals surface area contributed by atoms with E-state index in [1.807, 2.05) is 0 Å². The highest BCUT2D eigenvalue weighted by atomic mass is 16.7. The van der Waals surface area contributed by atoms with Crippen LogP contribution in [0.1, 0.15) is 0 Å². The van der Waals surface area contributed by atoms with E-state index < -0.39 is 37.3 Å². The van der Waals surface area contributed by atoms with Crippen molar-refractivity contribution in [1.29, 1.82) is 0 Å². The van der Waals surface area contributed by atoms with Gasteiger partial charge in [0.1, 0.15) is 24.4 Å². The van der Waals surface area contributed by atoms with Crippen molar-refractivity contribution >= 4 is 0 Å². The molecule has 1 saturated heterocycles. The van der Waals surface area contributed by atoms with E-state index >= 15 is 0 Å². The fourth-order valence-electron chi connectivity index (χ4n) is 1.59. The van der Waals surface area contributed by atoms with Gasteiger partial charge < -0.3 is 34.6 Å². The first kappa shape index (κ1) is 15.5. The Labute approximate surface area is 105 Å². The van der Waals surface area contributed by atoms with Crippen LogP contribution in [0, 0.1) is 0 Å². The number of aliphatic hydroxyl groups is 4. The number of rotatable bonds is 7. The van der Waals surface area contributed by atoms with Crippen molar-refractivity contribution in [2.24, 2.45) is 0 Å². The molecule has 106 valence electrons. The van der Waals surface area contributed by atoms with Crippen LogP contribution in [0.4, 0.5) is 0 Å². The maximum atomic E-state index is 9.63. The second-order valence-electron chi connectivity index (χ2n) is 3.93. The summed E-state index contributed by atoms with van der Waals surface area (Å²) in [7, 11) is 0. The molecule has 1 aliphatic rings. The lowest BCUT2D eigenvalue weighted by molar-refractivity contribution is -0.302. The average molecular weight is 264 g/mol. The van der Waals surface area contributed by atoms with E-state index in [0.29, 0.717) is 6.61 Å². The lowest BCUT2D eigenvalue weighted by Crippen LogP contribution is -2.59. The summed E-state index contributed by atoms with van der Waals surface area (Å²) in [5.41, 5.74) is 0. The van der Waals surface area contributed by atoms with Crippen LogP contribution in [0.3, 0.4) is 0 Å². The smallest absolute Gasteiger partial charge is 0.186 e. The summed E-state index contributed by atoms with van der Waals surface area (Å²) in [6.45, 7) is 3.82. The summed E-state index contributed by atoms with van der Waals surface area (Å²) in [5.74, 6) is 0. The van der Waals surface area contributed by atoms with E-state index in [-0.39, 0.29) is 13.2 Å². The van der Waals surface area contributed by atoms with E-state index in [2.05, 4.69) is 6.58 Å². The Morgan fingerprint density at radius 1 is 1.11 bits per heavy atom. The molecule has 0 amide bonds. The van der Waals surface area contributed by atoms with Crippen molar-refractivity contribution in [2.45, 2.75) is 30.7 Å². The van der Waals surface area contributed by atoms with Gasteiger partial charge >= 0.3 is 0 Å². The molecule has 18 heavy (non-hydrogen) atoms. The summed E-state index contributed by atoms with van der Waals surface area (Å²) in [6.07, 6.45) is -4.64. The molecule has 7 heteroatoms. The summed E-state index contributed by atoms with van der Waals surface area (Å²) in [5, 5.41) is 37.6. The molecule has 0 bridgehead atoms. The molecule has 0 aromatic heterocycles. The van der Waals surface area contributed by atoms with Gasteiger partial charge in [-0.05, 0) is 0 Å². The Morgan fingerprint density at radius 2 is 1.83 bits per heavy atom. The van der Waals surface area contributed by atoms with Gasteiger partial charge in [-0.25, -0.2) is 0 Å². The Hall–Kier alpha value is -0.540. The monoisotopic (exact) mass is 264 g/mol. The van der Waals surface area contributed by atoms with Crippen molar-refractivity contribution in [2.75, 3.05) is 26.4 Å². The molecule has 1 rings (SSSR count). The van der Waals surface area contributed by atoms with Crippen LogP contribution < -0.4 is 0 Å². The molecule has 0 spiro atoms. The summed E-state index contributed by atoms with van der Waals surface area (Å²) in [4.78, 5) is 0. The standard InChI is InChI=1S/C11H20O7/c1-2-3-16-4-5-17-11-10(15)9(14)8(13)7(6-12)18-11/h2,7-15H,1,3-6H2/t7-,8-,9+,10+,11?/m1/s1. The molecular formula is C11H20O7. The highest BCUT2D eigenvalue weighted by molar-refractivity contribution is 4.88. The summed E-state index contributed by atoms with van der Waals surface area (Å²) in [6, 6.07) is 0. The first-order valence-electron chi connectivity index (χ1n) is 5.72. The van der Waals surface area contributed by atoms with Crippen LogP contribution in [-0.4, -0.2) is 77.6 Å². The van der Waals surface area contributed by atoms with Crippen molar-refractivity contribution in [3.05, 3.63) is 12.7 Å². The molecule has 1 unspecified atom stereocenters. The second kappa shape index (κ2) is 7.80. The van der Waals surface area contributed by atoms with Crippen molar-refractivity contribution in [3.8, 4) is 0 Å². The molecule has 4 N–H and O–H groups in total. The molecule has 0 aromatic carbocycles. The van der Waals surface area contributed by atoms with Gasteiger partial charge in [0.05, 0.1) is 26.4 Å². The molecular weight excluding hydrogens is 244 g/mol. The Morgan fingerprint density at radius 3 is 2.44 bits per heavy atom. The number of ether oxygens (including phenoxy) is 3. The van der Waals surface area contributed by atoms with Gasteiger partial charge in [0.25, 0.3) is 0 Å². The zero-order valence-electron chi connectivity index (χ0n) is 10.0. The van der Waals surface area contributed by atoms with Gasteiger partial charge in [-0.2, -0.15) is 0 Å². The molecule has 0 radical (unpaired) electrons. The molecule has 0 aliphatic carbocycles. The Kier molecular flexibility index (Phi) is 6.72. The fraction of sp³-hybridized carbons (Fsp3) is 0.818. The molecule has 0 aromatic rings. The van der Waals surface area contributed by atoms with Crippen LogP contribution in [0.5, 0.6) is 0 Å². The van der Waals surface area contributed by atoms with Gasteiger partial charge in [0.15, 0.2) is 6.29 Å². The van der Waals surface area contributed by atoms with E-state index in [4.69, 9.17) is 19.3 Å². The average Bonchev–Trinajstić information content (AvgIpc) is 2.38. The van der Waals surface area contributed by atoms with Crippen LogP contribution in [0.2, 0.25) is 0 Å². The topological polar surface area (TPSA) is 109 Å². The van der Waals surface area contributed by atoms with Gasteiger partial charge in [-0.15, -0.1) is 6.58 Å². The maximum absolute atomic E-state index is 9.63. The van der Waals surface area contributed by atoms with E-state index in [9.17, 15) is 15.3 Å². The number of hydrogen-bond acceptors (Lipinski definition) is 7. The van der Waals surface area contributed by atoms with Gasteiger partial charge in [0, 0.05) is 0 Å². The Bertz CT molecular complexity index is 246. The minimum absolute atomic E-state index is 0.149. The van der Waals surface area contributed by atoms with Crippen LogP contribution in [0.15, 0.2) is 12.7 Å². The minimum Gasteiger partial charge on any atom is -0.394 e. The molecule has 7 nitrogen and oxygen atoms in total. The van der Waals surface area contributed by atoms with Crippen LogP contribution in [0.25, 0.3) is 0 Å². The zero-order chi connectivity index (χ0) is 13.5. The molecule has 0 saturated carbocycles. The quantitative estimate of drug-likeness (QED) is 0.311. The first-order valence-corrected chi connectivity index (χ1v) is 5.72. The molecule has 1 heterocycles. The van der Waals surface area contributed by atoms with Gasteiger partial charge in [-0.1, -0.05) is 6.08 Å². The third-order valence-electron chi connectivity index (χ3n) is 2.59. The highest BCUT2D eigenvalue weighted by Crippen LogP contribution is 2.21. The highest BCUT2D eigenvalue weighted by Gasteiger charge is 2.43. The first-order chi connectivity index (χ1) is 8.61. The minimum atomic E-state index is -1.42. The zero-order valence-corrected chi connectivity index (χ0v) is 10.0. The summed E-state index contributed by atoms with van der Waals surface area (Å²) >= 11 is 0. The summed E-state index contributed by atoms with van der Waals surface area (Å²) < 4.78 is 15.4. The second-order valence-corrected chi connectivity index (χ2v) is 3.93. The third-order valence-corrected chi connectivity index (χ3v) is 2.59. The van der Waals surface area contributed by atoms with Gasteiger partial charge in [0.2, 0.25) is 0 Å². The van der Waals surface area contributed by atoms with Crippen molar-refractivity contribution < 1.29 is 34.6 Å². The lowest BCUT2D eigenvalue weighted by atomic mass is 9.99. The predicted molar refractivity (Wildman–Crippen MR) is 60.7 cm³/mol. The fourth-order valence-corrected chi connectivity index (χ4v) is 1.59. The van der Waals surface area contributed by atoms with E-state index in [1.165, 1.54) is 0 Å². The largest absolute Gasteiger partial charge is 0.394 e. The van der Waals surface area contributed by atoms with E-state index in [0.717, 1.165) is 0 Å². The number of aliphatic hydroxyl groups excluding tert-OH is 4. The van der Waals surface area contributed by atoms with Gasteiger partial charge in [-0.3, -0.25) is 0 Å². The molecule has 5 atom stereocenters. The normalized spacial score (nSPS) is 36.6. The molecule has 1 aliphatic heterocycles. The molecule has 1 fully saturated rings. The Balaban J connectivity index is 2.37. The lowest BCUT2D eigenvalue weighted by Gasteiger charge is -2.39. The predicted octanol–water partition coefficient (Wildman–Crippen LogP) is -1.99. The maximum Gasteiger partial charge on any atom is 0.186 e. The van der Waals surface area contributed by atoms with Crippen molar-refractivity contribution in [1.82, 2.24) is 0 Å². The number of hydrogen-bond donors (Lipinski definition) is 4. The SMILES string of the molecule is C=CCOCCOC1O[C@H](CO)[C@@H](O)[C@H](O)[C@@H]1O.